The third-order valence-corrected chi connectivity index (χ3v) is 5.50. The number of nitrogens with one attached hydrogen (secondary N) is 1. The monoisotopic (exact) mass is 318 g/mol. The van der Waals surface area contributed by atoms with Gasteiger partial charge in [-0.25, -0.2) is 13.1 Å². The summed E-state index contributed by atoms with van der Waals surface area (Å²) in [6.45, 7) is 2.37. The smallest absolute Gasteiger partial charge is 0.241 e. The minimum absolute atomic E-state index is 0. The summed E-state index contributed by atoms with van der Waals surface area (Å²) in [6.07, 6.45) is 4.56. The number of hydrogen-bond donors (Lipinski definition) is 2. The molecule has 0 atom stereocenters. The van der Waals surface area contributed by atoms with Crippen molar-refractivity contribution in [2.45, 2.75) is 49.5 Å². The van der Waals surface area contributed by atoms with Gasteiger partial charge < -0.3 is 5.73 Å². The fourth-order valence-electron chi connectivity index (χ4n) is 2.68. The SMILES string of the molecule is CCc1cccc(S(=O)(=O)NC2(CN)CCCC2)c1.Cl. The van der Waals surface area contributed by atoms with E-state index in [0.29, 0.717) is 11.4 Å². The second kappa shape index (κ2) is 6.89. The van der Waals surface area contributed by atoms with Crippen LogP contribution in [0.4, 0.5) is 0 Å². The summed E-state index contributed by atoms with van der Waals surface area (Å²) in [4.78, 5) is 0.339. The topological polar surface area (TPSA) is 72.2 Å². The van der Waals surface area contributed by atoms with Crippen LogP contribution in [0.1, 0.15) is 38.2 Å². The van der Waals surface area contributed by atoms with Crippen LogP contribution in [0, 0.1) is 0 Å². The molecule has 0 spiro atoms. The zero-order chi connectivity index (χ0) is 13.9. The van der Waals surface area contributed by atoms with Gasteiger partial charge in [-0.05, 0) is 37.0 Å². The summed E-state index contributed by atoms with van der Waals surface area (Å²) in [5.74, 6) is 0. The van der Waals surface area contributed by atoms with Gasteiger partial charge in [-0.1, -0.05) is 31.9 Å². The number of rotatable bonds is 5. The van der Waals surface area contributed by atoms with Crippen LogP contribution in [0.25, 0.3) is 0 Å². The van der Waals surface area contributed by atoms with Gasteiger partial charge in [0, 0.05) is 12.1 Å². The van der Waals surface area contributed by atoms with Crippen molar-refractivity contribution < 1.29 is 8.42 Å². The molecule has 1 aliphatic rings. The minimum Gasteiger partial charge on any atom is -0.329 e. The molecule has 0 saturated heterocycles. The predicted octanol–water partition coefficient (Wildman–Crippen LogP) is 2.22. The molecule has 0 bridgehead atoms. The van der Waals surface area contributed by atoms with Gasteiger partial charge in [0.2, 0.25) is 10.0 Å². The molecule has 0 amide bonds. The van der Waals surface area contributed by atoms with Gasteiger partial charge in [-0.2, -0.15) is 0 Å². The molecule has 20 heavy (non-hydrogen) atoms. The highest BCUT2D eigenvalue weighted by Crippen LogP contribution is 2.30. The van der Waals surface area contributed by atoms with E-state index in [4.69, 9.17) is 5.73 Å². The van der Waals surface area contributed by atoms with Gasteiger partial charge in [0.25, 0.3) is 0 Å². The molecule has 0 aromatic heterocycles. The maximum absolute atomic E-state index is 12.5. The first-order valence-electron chi connectivity index (χ1n) is 6.84. The number of nitrogens with two attached hydrogens (primary N) is 1. The Kier molecular flexibility index (Phi) is 6.01. The molecule has 1 aromatic rings. The number of hydrogen-bond acceptors (Lipinski definition) is 3. The second-order valence-electron chi connectivity index (χ2n) is 5.30. The molecule has 0 radical (unpaired) electrons. The van der Waals surface area contributed by atoms with Gasteiger partial charge in [0.05, 0.1) is 4.90 Å². The van der Waals surface area contributed by atoms with Crippen molar-refractivity contribution in [1.29, 1.82) is 0 Å². The van der Waals surface area contributed by atoms with E-state index < -0.39 is 15.6 Å². The van der Waals surface area contributed by atoms with Gasteiger partial charge in [0.1, 0.15) is 0 Å². The summed E-state index contributed by atoms with van der Waals surface area (Å²) in [7, 11) is -3.48. The molecule has 1 aliphatic carbocycles. The van der Waals surface area contributed by atoms with Crippen molar-refractivity contribution in [3.05, 3.63) is 29.8 Å². The van der Waals surface area contributed by atoms with Crippen molar-refractivity contribution in [3.8, 4) is 0 Å². The lowest BCUT2D eigenvalue weighted by molar-refractivity contribution is 0.399. The van der Waals surface area contributed by atoms with Crippen LogP contribution in [0.2, 0.25) is 0 Å². The van der Waals surface area contributed by atoms with E-state index in [1.54, 1.807) is 18.2 Å². The lowest BCUT2D eigenvalue weighted by Crippen LogP contribution is -2.51. The quantitative estimate of drug-likeness (QED) is 0.874. The zero-order valence-corrected chi connectivity index (χ0v) is 13.4. The molecule has 0 aliphatic heterocycles. The second-order valence-corrected chi connectivity index (χ2v) is 6.98. The van der Waals surface area contributed by atoms with E-state index >= 15 is 0 Å². The Balaban J connectivity index is 0.00000200. The molecule has 114 valence electrons. The lowest BCUT2D eigenvalue weighted by Gasteiger charge is -2.28. The standard InChI is InChI=1S/C14H22N2O2S.ClH/c1-2-12-6-5-7-13(10-12)19(17,18)16-14(11-15)8-3-4-9-14;/h5-7,10,16H,2-4,8-9,11,15H2,1H3;1H. The maximum Gasteiger partial charge on any atom is 0.241 e. The van der Waals surface area contributed by atoms with Crippen LogP contribution >= 0.6 is 12.4 Å². The molecule has 2 rings (SSSR count). The Labute approximate surface area is 127 Å². The average molecular weight is 319 g/mol. The number of aryl methyl sites for hydroxylation is 1. The molecule has 3 N–H and O–H groups in total. The predicted molar refractivity (Wildman–Crippen MR) is 83.6 cm³/mol. The third-order valence-electron chi connectivity index (χ3n) is 3.92. The van der Waals surface area contributed by atoms with Crippen molar-refractivity contribution in [3.63, 3.8) is 0 Å². The van der Waals surface area contributed by atoms with E-state index in [2.05, 4.69) is 4.72 Å². The summed E-state index contributed by atoms with van der Waals surface area (Å²) in [6, 6.07) is 7.10. The van der Waals surface area contributed by atoms with Crippen molar-refractivity contribution in [2.24, 2.45) is 5.73 Å². The Morgan fingerprint density at radius 3 is 2.50 bits per heavy atom. The Bertz CT molecular complexity index is 540. The fraction of sp³-hybridized carbons (Fsp3) is 0.571. The zero-order valence-electron chi connectivity index (χ0n) is 11.8. The van der Waals surface area contributed by atoms with Crippen molar-refractivity contribution >= 4 is 22.4 Å². The van der Waals surface area contributed by atoms with Gasteiger partial charge in [-0.3, -0.25) is 0 Å². The molecule has 1 fully saturated rings. The van der Waals surface area contributed by atoms with Gasteiger partial charge >= 0.3 is 0 Å². The van der Waals surface area contributed by atoms with Crippen molar-refractivity contribution in [2.75, 3.05) is 6.54 Å². The summed E-state index contributed by atoms with van der Waals surface area (Å²) >= 11 is 0. The van der Waals surface area contributed by atoms with E-state index in [9.17, 15) is 8.42 Å². The Hall–Kier alpha value is -0.620. The molecular weight excluding hydrogens is 296 g/mol. The Morgan fingerprint density at radius 1 is 1.30 bits per heavy atom. The molecule has 6 heteroatoms. The van der Waals surface area contributed by atoms with E-state index in [0.717, 1.165) is 37.7 Å². The number of sulfonamides is 1. The van der Waals surface area contributed by atoms with Crippen LogP contribution in [0.15, 0.2) is 29.2 Å². The Morgan fingerprint density at radius 2 is 1.95 bits per heavy atom. The fourth-order valence-corrected chi connectivity index (χ4v) is 4.22. The first-order valence-corrected chi connectivity index (χ1v) is 8.33. The first-order chi connectivity index (χ1) is 9.01. The van der Waals surface area contributed by atoms with Gasteiger partial charge in [0.15, 0.2) is 0 Å². The lowest BCUT2D eigenvalue weighted by atomic mass is 10.0. The molecular formula is C14H23ClN2O2S. The molecule has 1 aromatic carbocycles. The molecule has 0 heterocycles. The number of benzene rings is 1. The summed E-state index contributed by atoms with van der Waals surface area (Å²) in [5, 5.41) is 0. The largest absolute Gasteiger partial charge is 0.329 e. The highest BCUT2D eigenvalue weighted by Gasteiger charge is 2.36. The highest BCUT2D eigenvalue weighted by atomic mass is 35.5. The van der Waals surface area contributed by atoms with Gasteiger partial charge in [-0.15, -0.1) is 12.4 Å². The molecule has 1 saturated carbocycles. The van der Waals surface area contributed by atoms with E-state index in [1.165, 1.54) is 0 Å². The van der Waals surface area contributed by atoms with Crippen molar-refractivity contribution in [1.82, 2.24) is 4.72 Å². The third kappa shape index (κ3) is 3.73. The molecule has 4 nitrogen and oxygen atoms in total. The maximum atomic E-state index is 12.5. The van der Waals surface area contributed by atoms with E-state index in [-0.39, 0.29) is 12.4 Å². The molecule has 0 unspecified atom stereocenters. The minimum atomic E-state index is -3.48. The first kappa shape index (κ1) is 17.4. The normalized spacial score (nSPS) is 17.7. The number of halogens is 1. The summed E-state index contributed by atoms with van der Waals surface area (Å²) < 4.78 is 27.7. The van der Waals surface area contributed by atoms with Crippen LogP contribution in [0.3, 0.4) is 0 Å². The van der Waals surface area contributed by atoms with Crippen LogP contribution in [-0.4, -0.2) is 20.5 Å². The summed E-state index contributed by atoms with van der Waals surface area (Å²) in [5.41, 5.74) is 6.36. The van der Waals surface area contributed by atoms with Crippen LogP contribution < -0.4 is 10.5 Å². The van der Waals surface area contributed by atoms with E-state index in [1.807, 2.05) is 13.0 Å². The highest BCUT2D eigenvalue weighted by molar-refractivity contribution is 7.89. The van der Waals surface area contributed by atoms with Crippen LogP contribution in [-0.2, 0) is 16.4 Å². The average Bonchev–Trinajstić information content (AvgIpc) is 2.87. The van der Waals surface area contributed by atoms with Crippen LogP contribution in [0.5, 0.6) is 0 Å².